The molecule has 2 rings (SSSR count). The summed E-state index contributed by atoms with van der Waals surface area (Å²) in [6.45, 7) is 4.16. The molecule has 1 aliphatic rings. The Hall–Kier alpha value is -0.520. The Labute approximate surface area is 112 Å². The van der Waals surface area contributed by atoms with Crippen molar-refractivity contribution in [1.29, 1.82) is 0 Å². The predicted molar refractivity (Wildman–Crippen MR) is 74.2 cm³/mol. The molecule has 0 aromatic carbocycles. The molecule has 94 valence electrons. The number of hydrogen-bond donors (Lipinski definition) is 1. The first-order chi connectivity index (χ1) is 8.16. The molecule has 0 saturated carbocycles. The molecule has 0 unspecified atom stereocenters. The van der Waals surface area contributed by atoms with Crippen molar-refractivity contribution < 1.29 is 4.79 Å². The van der Waals surface area contributed by atoms with E-state index in [1.807, 2.05) is 18.5 Å². The number of nitrogens with zero attached hydrogens (tertiary/aromatic N) is 2. The van der Waals surface area contributed by atoms with Crippen LogP contribution in [0.5, 0.6) is 0 Å². The van der Waals surface area contributed by atoms with Crippen molar-refractivity contribution in [3.63, 3.8) is 0 Å². The van der Waals surface area contributed by atoms with E-state index in [4.69, 9.17) is 0 Å². The zero-order chi connectivity index (χ0) is 12.3. The second-order valence-electron chi connectivity index (χ2n) is 4.44. The molecule has 1 aromatic heterocycles. The lowest BCUT2D eigenvalue weighted by Gasteiger charge is -2.20. The summed E-state index contributed by atoms with van der Waals surface area (Å²) in [6, 6.07) is 1.84. The van der Waals surface area contributed by atoms with Gasteiger partial charge in [-0.25, -0.2) is 0 Å². The molecule has 0 aliphatic carbocycles. The van der Waals surface area contributed by atoms with Crippen LogP contribution in [-0.4, -0.2) is 48.9 Å². The number of hydrogen-bond acceptors (Lipinski definition) is 4. The van der Waals surface area contributed by atoms with Gasteiger partial charge in [0.2, 0.25) is 0 Å². The minimum absolute atomic E-state index is 0.106. The first-order valence-electron chi connectivity index (χ1n) is 5.92. The molecule has 1 fully saturated rings. The van der Waals surface area contributed by atoms with Gasteiger partial charge >= 0.3 is 0 Å². The summed E-state index contributed by atoms with van der Waals surface area (Å²) in [5, 5.41) is 1.89. The molecule has 1 amide bonds. The molecule has 0 N–H and O–H groups in total. The molecule has 1 saturated heterocycles. The van der Waals surface area contributed by atoms with E-state index < -0.39 is 0 Å². The molecule has 0 bridgehead atoms. The summed E-state index contributed by atoms with van der Waals surface area (Å²) < 4.78 is 0. The zero-order valence-corrected chi connectivity index (χ0v) is 11.8. The minimum Gasteiger partial charge on any atom is -0.340 e. The fourth-order valence-electron chi connectivity index (χ4n) is 2.03. The highest BCUT2D eigenvalue weighted by atomic mass is 32.1. The molecule has 5 heteroatoms. The van der Waals surface area contributed by atoms with E-state index in [9.17, 15) is 4.79 Å². The van der Waals surface area contributed by atoms with Crippen molar-refractivity contribution in [3.8, 4) is 0 Å². The van der Waals surface area contributed by atoms with Crippen LogP contribution in [0.4, 0.5) is 0 Å². The van der Waals surface area contributed by atoms with Gasteiger partial charge in [-0.3, -0.25) is 4.79 Å². The van der Waals surface area contributed by atoms with Crippen LogP contribution in [0, 0.1) is 0 Å². The maximum absolute atomic E-state index is 12.0. The van der Waals surface area contributed by atoms with Crippen molar-refractivity contribution in [2.45, 2.75) is 17.7 Å². The zero-order valence-electron chi connectivity index (χ0n) is 10.1. The normalized spacial score (nSPS) is 16.4. The number of carbonyl (C=O) groups is 1. The van der Waals surface area contributed by atoms with Gasteiger partial charge < -0.3 is 9.80 Å². The lowest BCUT2D eigenvalue weighted by molar-refractivity contribution is 0.0787. The number of amides is 1. The topological polar surface area (TPSA) is 23.6 Å². The predicted octanol–water partition coefficient (Wildman–Crippen LogP) is 2.20. The molecule has 0 atom stereocenters. The van der Waals surface area contributed by atoms with Crippen LogP contribution in [0.25, 0.3) is 0 Å². The van der Waals surface area contributed by atoms with Crippen molar-refractivity contribution >= 4 is 29.9 Å². The van der Waals surface area contributed by atoms with E-state index in [1.165, 1.54) is 37.3 Å². The molecule has 3 nitrogen and oxygen atoms in total. The Balaban J connectivity index is 1.82. The molecular formula is C12H18N2OS2. The number of thiol groups is 1. The van der Waals surface area contributed by atoms with Crippen LogP contribution in [-0.2, 0) is 0 Å². The summed E-state index contributed by atoms with van der Waals surface area (Å²) in [5.41, 5.74) is 0. The first-order valence-corrected chi connectivity index (χ1v) is 7.25. The lowest BCUT2D eigenvalue weighted by atomic mass is 10.4. The van der Waals surface area contributed by atoms with E-state index in [0.29, 0.717) is 0 Å². The van der Waals surface area contributed by atoms with Crippen LogP contribution < -0.4 is 0 Å². The third-order valence-electron chi connectivity index (χ3n) is 3.09. The summed E-state index contributed by atoms with van der Waals surface area (Å²) in [7, 11) is 1.87. The van der Waals surface area contributed by atoms with Crippen molar-refractivity contribution in [1.82, 2.24) is 9.80 Å². The van der Waals surface area contributed by atoms with Crippen molar-refractivity contribution in [2.24, 2.45) is 0 Å². The summed E-state index contributed by atoms with van der Waals surface area (Å²) in [6.07, 6.45) is 2.59. The van der Waals surface area contributed by atoms with E-state index >= 15 is 0 Å². The summed E-state index contributed by atoms with van der Waals surface area (Å²) >= 11 is 5.69. The molecule has 17 heavy (non-hydrogen) atoms. The van der Waals surface area contributed by atoms with Crippen molar-refractivity contribution in [3.05, 3.63) is 16.3 Å². The van der Waals surface area contributed by atoms with Crippen LogP contribution in [0.1, 0.15) is 22.5 Å². The SMILES string of the molecule is CN(CCN1CCCC1)C(=O)c1cc(S)cs1. The molecule has 0 radical (unpaired) electrons. The van der Waals surface area contributed by atoms with E-state index in [0.717, 1.165) is 22.9 Å². The van der Waals surface area contributed by atoms with E-state index in [2.05, 4.69) is 17.5 Å². The average molecular weight is 270 g/mol. The van der Waals surface area contributed by atoms with Gasteiger partial charge in [-0.05, 0) is 32.0 Å². The second-order valence-corrected chi connectivity index (χ2v) is 5.87. The summed E-state index contributed by atoms with van der Waals surface area (Å²) in [5.74, 6) is 0.106. The van der Waals surface area contributed by atoms with Gasteiger partial charge in [0.05, 0.1) is 4.88 Å². The first kappa shape index (κ1) is 12.9. The van der Waals surface area contributed by atoms with Gasteiger partial charge in [0.25, 0.3) is 5.91 Å². The number of likely N-dealkylation sites (N-methyl/N-ethyl adjacent to an activating group) is 1. The Morgan fingerprint density at radius 3 is 2.82 bits per heavy atom. The van der Waals surface area contributed by atoms with Gasteiger partial charge in [-0.1, -0.05) is 0 Å². The summed E-state index contributed by atoms with van der Waals surface area (Å²) in [4.78, 5) is 17.9. The average Bonchev–Trinajstić information content (AvgIpc) is 2.95. The number of likely N-dealkylation sites (tertiary alicyclic amines) is 1. The van der Waals surface area contributed by atoms with E-state index in [1.54, 1.807) is 4.90 Å². The molecule has 1 aliphatic heterocycles. The number of rotatable bonds is 4. The number of thiophene rings is 1. The lowest BCUT2D eigenvalue weighted by Crippen LogP contribution is -2.34. The van der Waals surface area contributed by atoms with Gasteiger partial charge in [0, 0.05) is 30.4 Å². The third kappa shape index (κ3) is 3.47. The Kier molecular flexibility index (Phi) is 4.48. The van der Waals surface area contributed by atoms with Gasteiger partial charge in [0.1, 0.15) is 0 Å². The fourth-order valence-corrected chi connectivity index (χ4v) is 3.17. The molecular weight excluding hydrogens is 252 g/mol. The van der Waals surface area contributed by atoms with Gasteiger partial charge in [0.15, 0.2) is 0 Å². The van der Waals surface area contributed by atoms with E-state index in [-0.39, 0.29) is 5.91 Å². The smallest absolute Gasteiger partial charge is 0.263 e. The monoisotopic (exact) mass is 270 g/mol. The number of carbonyl (C=O) groups excluding carboxylic acids is 1. The van der Waals surface area contributed by atoms with Gasteiger partial charge in [-0.15, -0.1) is 24.0 Å². The minimum atomic E-state index is 0.106. The Bertz CT molecular complexity index is 386. The largest absolute Gasteiger partial charge is 0.340 e. The van der Waals surface area contributed by atoms with Crippen LogP contribution in [0.3, 0.4) is 0 Å². The Morgan fingerprint density at radius 2 is 2.24 bits per heavy atom. The molecule has 1 aromatic rings. The van der Waals surface area contributed by atoms with Crippen LogP contribution in [0.2, 0.25) is 0 Å². The highest BCUT2D eigenvalue weighted by Gasteiger charge is 2.16. The highest BCUT2D eigenvalue weighted by Crippen LogP contribution is 2.19. The van der Waals surface area contributed by atoms with Crippen molar-refractivity contribution in [2.75, 3.05) is 33.2 Å². The van der Waals surface area contributed by atoms with Gasteiger partial charge in [-0.2, -0.15) is 0 Å². The standard InChI is InChI=1S/C12H18N2OS2/c1-13(6-7-14-4-2-3-5-14)12(15)11-8-10(16)9-17-11/h8-9,16H,2-7H2,1H3. The highest BCUT2D eigenvalue weighted by molar-refractivity contribution is 7.80. The quantitative estimate of drug-likeness (QED) is 0.848. The second kappa shape index (κ2) is 5.89. The third-order valence-corrected chi connectivity index (χ3v) is 4.44. The van der Waals surface area contributed by atoms with Crippen LogP contribution >= 0.6 is 24.0 Å². The Morgan fingerprint density at radius 1 is 1.53 bits per heavy atom. The maximum Gasteiger partial charge on any atom is 0.263 e. The molecule has 0 spiro atoms. The maximum atomic E-state index is 12.0. The fraction of sp³-hybridized carbons (Fsp3) is 0.583. The molecule has 2 heterocycles. The van der Waals surface area contributed by atoms with Crippen LogP contribution in [0.15, 0.2) is 16.3 Å².